The number of carboxylic acids is 1. The average molecular weight is 340 g/mol. The summed E-state index contributed by atoms with van der Waals surface area (Å²) in [5, 5.41) is 9.29. The Morgan fingerprint density at radius 1 is 1.16 bits per heavy atom. The summed E-state index contributed by atoms with van der Waals surface area (Å²) in [6.07, 6.45) is 0.513. The molecule has 3 rings (SSSR count). The molecule has 132 valence electrons. The van der Waals surface area contributed by atoms with Gasteiger partial charge in [-0.25, -0.2) is 0 Å². The quantitative estimate of drug-likeness (QED) is 0.932. The molecule has 0 radical (unpaired) electrons. The van der Waals surface area contributed by atoms with Gasteiger partial charge in [-0.05, 0) is 57.9 Å². The second-order valence-electron chi connectivity index (χ2n) is 6.93. The average Bonchev–Trinajstić information content (AvgIpc) is 3.07. The van der Waals surface area contributed by atoms with E-state index in [2.05, 4.69) is 10.6 Å². The molecule has 1 aliphatic rings. The lowest BCUT2D eigenvalue weighted by Gasteiger charge is -2.23. The molecule has 1 fully saturated rings. The van der Waals surface area contributed by atoms with E-state index in [0.717, 1.165) is 22.6 Å². The first-order chi connectivity index (χ1) is 11.8. The third-order valence-corrected chi connectivity index (χ3v) is 5.25. The van der Waals surface area contributed by atoms with E-state index in [1.807, 2.05) is 52.0 Å². The van der Waals surface area contributed by atoms with Crippen molar-refractivity contribution in [3.8, 4) is 5.69 Å². The van der Waals surface area contributed by atoms with Crippen LogP contribution in [-0.4, -0.2) is 39.0 Å². The van der Waals surface area contributed by atoms with Crippen LogP contribution in [0.5, 0.6) is 0 Å². The number of carbonyl (C=O) groups excluding carboxylic acids is 1. The number of amides is 1. The molecule has 25 heavy (non-hydrogen) atoms. The Morgan fingerprint density at radius 3 is 2.48 bits per heavy atom. The lowest BCUT2D eigenvalue weighted by molar-refractivity contribution is -0.142. The first-order valence-corrected chi connectivity index (χ1v) is 8.61. The number of aliphatic carboxylic acids is 1. The van der Waals surface area contributed by atoms with Crippen molar-refractivity contribution in [3.05, 3.63) is 52.8 Å². The standard InChI is InChI=1S/C20H24N2O3/c1-12-6-5-7-16(10-12)22-13(2)11-18(15(22)4)19(23)21-9-8-17(14(21)3)20(24)25/h5-7,10-11,14,17H,8-9H2,1-4H3,(H,24,25). The Kier molecular flexibility index (Phi) is 4.41. The second kappa shape index (κ2) is 6.39. The van der Waals surface area contributed by atoms with Gasteiger partial charge in [-0.1, -0.05) is 12.1 Å². The zero-order chi connectivity index (χ0) is 18.3. The van der Waals surface area contributed by atoms with Gasteiger partial charge in [0.2, 0.25) is 0 Å². The molecule has 0 spiro atoms. The molecule has 1 aromatic carbocycles. The van der Waals surface area contributed by atoms with E-state index >= 15 is 0 Å². The molecule has 1 N–H and O–H groups in total. The number of nitrogens with zero attached hydrogens (tertiary/aromatic N) is 2. The Labute approximate surface area is 147 Å². The van der Waals surface area contributed by atoms with E-state index < -0.39 is 11.9 Å². The van der Waals surface area contributed by atoms with E-state index in [9.17, 15) is 14.7 Å². The topological polar surface area (TPSA) is 62.5 Å². The highest BCUT2D eigenvalue weighted by atomic mass is 16.4. The number of carbonyl (C=O) groups is 2. The highest BCUT2D eigenvalue weighted by Gasteiger charge is 2.39. The summed E-state index contributed by atoms with van der Waals surface area (Å²) in [7, 11) is 0. The summed E-state index contributed by atoms with van der Waals surface area (Å²) >= 11 is 0. The van der Waals surface area contributed by atoms with Gasteiger partial charge < -0.3 is 14.6 Å². The fourth-order valence-electron chi connectivity index (χ4n) is 3.85. The smallest absolute Gasteiger partial charge is 0.308 e. The van der Waals surface area contributed by atoms with E-state index in [4.69, 9.17) is 0 Å². The zero-order valence-electron chi connectivity index (χ0n) is 15.1. The van der Waals surface area contributed by atoms with Gasteiger partial charge in [0, 0.05) is 29.7 Å². The van der Waals surface area contributed by atoms with Gasteiger partial charge >= 0.3 is 5.97 Å². The minimum Gasteiger partial charge on any atom is -0.481 e. The van der Waals surface area contributed by atoms with Gasteiger partial charge in [0.1, 0.15) is 0 Å². The Bertz CT molecular complexity index is 837. The normalized spacial score (nSPS) is 20.1. The molecule has 2 aromatic rings. The summed E-state index contributed by atoms with van der Waals surface area (Å²) in [6.45, 7) is 8.29. The minimum absolute atomic E-state index is 0.0803. The van der Waals surface area contributed by atoms with Crippen LogP contribution in [0.1, 0.15) is 40.7 Å². The summed E-state index contributed by atoms with van der Waals surface area (Å²) in [6, 6.07) is 9.79. The third kappa shape index (κ3) is 2.95. The summed E-state index contributed by atoms with van der Waals surface area (Å²) < 4.78 is 2.08. The number of rotatable bonds is 3. The predicted octanol–water partition coefficient (Wildman–Crippen LogP) is 3.34. The minimum atomic E-state index is -0.826. The van der Waals surface area contributed by atoms with Crippen LogP contribution in [0, 0.1) is 26.7 Å². The van der Waals surface area contributed by atoms with Crippen molar-refractivity contribution >= 4 is 11.9 Å². The molecule has 2 unspecified atom stereocenters. The fraction of sp³-hybridized carbons (Fsp3) is 0.400. The summed E-state index contributed by atoms with van der Waals surface area (Å²) in [5.41, 5.74) is 4.73. The van der Waals surface area contributed by atoms with Crippen molar-refractivity contribution in [2.45, 2.75) is 40.2 Å². The molecule has 1 saturated heterocycles. The summed E-state index contributed by atoms with van der Waals surface area (Å²) in [4.78, 5) is 26.0. The molecule has 1 aliphatic heterocycles. The number of aryl methyl sites for hydroxylation is 2. The van der Waals surface area contributed by atoms with E-state index in [-0.39, 0.29) is 11.9 Å². The molecule has 2 atom stereocenters. The number of benzene rings is 1. The molecule has 0 bridgehead atoms. The molecular weight excluding hydrogens is 316 g/mol. The van der Waals surface area contributed by atoms with Crippen molar-refractivity contribution in [1.29, 1.82) is 0 Å². The molecule has 0 saturated carbocycles. The van der Waals surface area contributed by atoms with Crippen molar-refractivity contribution < 1.29 is 14.7 Å². The van der Waals surface area contributed by atoms with Crippen molar-refractivity contribution in [2.24, 2.45) is 5.92 Å². The molecule has 1 aromatic heterocycles. The first-order valence-electron chi connectivity index (χ1n) is 8.61. The van der Waals surface area contributed by atoms with Gasteiger partial charge in [0.15, 0.2) is 0 Å². The maximum Gasteiger partial charge on any atom is 0.308 e. The Hall–Kier alpha value is -2.56. The van der Waals surface area contributed by atoms with Crippen molar-refractivity contribution in [1.82, 2.24) is 9.47 Å². The zero-order valence-corrected chi connectivity index (χ0v) is 15.1. The second-order valence-corrected chi connectivity index (χ2v) is 6.93. The number of hydrogen-bond donors (Lipinski definition) is 1. The lowest BCUT2D eigenvalue weighted by atomic mass is 10.0. The van der Waals surface area contributed by atoms with E-state index in [0.29, 0.717) is 18.5 Å². The van der Waals surface area contributed by atoms with Gasteiger partial charge in [0.05, 0.1) is 11.5 Å². The van der Waals surface area contributed by atoms with Crippen LogP contribution in [0.15, 0.2) is 30.3 Å². The number of carboxylic acid groups (broad SMARTS) is 1. The van der Waals surface area contributed by atoms with Crippen LogP contribution in [0.3, 0.4) is 0 Å². The number of aromatic nitrogens is 1. The van der Waals surface area contributed by atoms with Gasteiger partial charge in [0.25, 0.3) is 5.91 Å². The van der Waals surface area contributed by atoms with Crippen molar-refractivity contribution in [2.75, 3.05) is 6.54 Å². The van der Waals surface area contributed by atoms with Gasteiger partial charge in [-0.2, -0.15) is 0 Å². The first kappa shape index (κ1) is 17.3. The molecular formula is C20H24N2O3. The van der Waals surface area contributed by atoms with Crippen molar-refractivity contribution in [3.63, 3.8) is 0 Å². The van der Waals surface area contributed by atoms with Crippen LogP contribution in [0.25, 0.3) is 5.69 Å². The summed E-state index contributed by atoms with van der Waals surface area (Å²) in [5.74, 6) is -1.39. The molecule has 2 heterocycles. The fourth-order valence-corrected chi connectivity index (χ4v) is 3.85. The third-order valence-electron chi connectivity index (χ3n) is 5.25. The van der Waals surface area contributed by atoms with Gasteiger partial charge in [-0.3, -0.25) is 9.59 Å². The molecule has 5 nitrogen and oxygen atoms in total. The maximum atomic E-state index is 13.0. The van der Waals surface area contributed by atoms with Crippen LogP contribution >= 0.6 is 0 Å². The largest absolute Gasteiger partial charge is 0.481 e. The molecule has 0 aliphatic carbocycles. The van der Waals surface area contributed by atoms with E-state index in [1.165, 1.54) is 0 Å². The van der Waals surface area contributed by atoms with Crippen LogP contribution < -0.4 is 0 Å². The maximum absolute atomic E-state index is 13.0. The van der Waals surface area contributed by atoms with Crippen LogP contribution in [0.4, 0.5) is 0 Å². The Balaban J connectivity index is 1.96. The SMILES string of the molecule is Cc1cccc(-n2c(C)cc(C(=O)N3CCC(C(=O)O)C3C)c2C)c1. The number of likely N-dealkylation sites (tertiary alicyclic amines) is 1. The molecule has 1 amide bonds. The Morgan fingerprint density at radius 2 is 1.88 bits per heavy atom. The molecule has 5 heteroatoms. The lowest BCUT2D eigenvalue weighted by Crippen LogP contribution is -2.37. The van der Waals surface area contributed by atoms with Crippen LogP contribution in [0.2, 0.25) is 0 Å². The predicted molar refractivity (Wildman–Crippen MR) is 96.2 cm³/mol. The van der Waals surface area contributed by atoms with Crippen LogP contribution in [-0.2, 0) is 4.79 Å². The highest BCUT2D eigenvalue weighted by molar-refractivity contribution is 5.96. The number of hydrogen-bond acceptors (Lipinski definition) is 2. The highest BCUT2D eigenvalue weighted by Crippen LogP contribution is 2.29. The monoisotopic (exact) mass is 340 g/mol. The van der Waals surface area contributed by atoms with E-state index in [1.54, 1.807) is 4.90 Å². The van der Waals surface area contributed by atoms with Gasteiger partial charge in [-0.15, -0.1) is 0 Å².